The molecule has 0 aromatic heterocycles. The van der Waals surface area contributed by atoms with Crippen LogP contribution in [0.1, 0.15) is 33.6 Å². The molecule has 0 atom stereocenters. The third-order valence-corrected chi connectivity index (χ3v) is 2.44. The van der Waals surface area contributed by atoms with Crippen molar-refractivity contribution in [1.82, 2.24) is 4.90 Å². The summed E-state index contributed by atoms with van der Waals surface area (Å²) in [5.74, 6) is 0.410. The molecule has 0 spiro atoms. The third-order valence-electron chi connectivity index (χ3n) is 2.44. The van der Waals surface area contributed by atoms with Crippen LogP contribution in [0.2, 0.25) is 0 Å². The molecule has 4 heteroatoms. The number of rotatable bonds is 8. The minimum Gasteiger partial charge on any atom is -0.379 e. The van der Waals surface area contributed by atoms with Crippen LogP contribution in [0.15, 0.2) is 0 Å². The first-order valence-corrected chi connectivity index (χ1v) is 5.83. The van der Waals surface area contributed by atoms with E-state index in [2.05, 4.69) is 0 Å². The zero-order chi connectivity index (χ0) is 12.6. The summed E-state index contributed by atoms with van der Waals surface area (Å²) < 4.78 is 5.31. The number of amides is 1. The lowest BCUT2D eigenvalue weighted by atomic mass is 10.1. The minimum atomic E-state index is 0.0768. The predicted octanol–water partition coefficient (Wildman–Crippen LogP) is 1.49. The molecule has 0 heterocycles. The maximum atomic E-state index is 11.2. The van der Waals surface area contributed by atoms with E-state index in [1.54, 1.807) is 11.9 Å². The molecule has 0 aliphatic heterocycles. The van der Waals surface area contributed by atoms with Gasteiger partial charge in [0.1, 0.15) is 5.78 Å². The highest BCUT2D eigenvalue weighted by Gasteiger charge is 2.07. The number of likely N-dealkylation sites (N-methyl/N-ethyl adjacent to an activating group) is 1. The van der Waals surface area contributed by atoms with Crippen molar-refractivity contribution >= 4 is 11.7 Å². The van der Waals surface area contributed by atoms with Gasteiger partial charge in [0, 0.05) is 32.4 Å². The van der Waals surface area contributed by atoms with E-state index < -0.39 is 0 Å². The summed E-state index contributed by atoms with van der Waals surface area (Å²) in [6, 6.07) is 0. The average Bonchev–Trinajstić information content (AvgIpc) is 2.26. The molecule has 0 unspecified atom stereocenters. The van der Waals surface area contributed by atoms with Gasteiger partial charge in [-0.2, -0.15) is 0 Å². The first-order chi connectivity index (χ1) is 7.49. The van der Waals surface area contributed by atoms with Gasteiger partial charge in [-0.25, -0.2) is 0 Å². The predicted molar refractivity (Wildman–Crippen MR) is 63.2 cm³/mol. The molecule has 1 amide bonds. The number of ketones is 1. The van der Waals surface area contributed by atoms with E-state index in [9.17, 15) is 9.59 Å². The summed E-state index contributed by atoms with van der Waals surface area (Å²) in [6.45, 7) is 7.13. The highest BCUT2D eigenvalue weighted by atomic mass is 16.5. The molecule has 0 bridgehead atoms. The van der Waals surface area contributed by atoms with Gasteiger partial charge in [0.15, 0.2) is 0 Å². The molecule has 0 N–H and O–H groups in total. The molecule has 0 rings (SSSR count). The number of hydrogen-bond donors (Lipinski definition) is 0. The molecular formula is C12H23NO3. The Kier molecular flexibility index (Phi) is 7.81. The van der Waals surface area contributed by atoms with Crippen molar-refractivity contribution in [2.75, 3.05) is 26.8 Å². The van der Waals surface area contributed by atoms with Crippen molar-refractivity contribution in [1.29, 1.82) is 0 Å². The molecule has 0 radical (unpaired) electrons. The number of nitrogens with zero attached hydrogens (tertiary/aromatic N) is 1. The number of carbonyl (C=O) groups excluding carboxylic acids is 2. The van der Waals surface area contributed by atoms with Crippen LogP contribution in [-0.4, -0.2) is 43.4 Å². The van der Waals surface area contributed by atoms with Gasteiger partial charge in [-0.05, 0) is 0 Å². The fraction of sp³-hybridized carbons (Fsp3) is 0.833. The van der Waals surface area contributed by atoms with Gasteiger partial charge in [0.05, 0.1) is 13.2 Å². The second-order valence-electron chi connectivity index (χ2n) is 4.15. The number of carbonyl (C=O) groups is 2. The van der Waals surface area contributed by atoms with Crippen LogP contribution in [0.5, 0.6) is 0 Å². The summed E-state index contributed by atoms with van der Waals surface area (Å²) in [5.41, 5.74) is 0. The van der Waals surface area contributed by atoms with Gasteiger partial charge in [-0.15, -0.1) is 0 Å². The Labute approximate surface area is 98.0 Å². The minimum absolute atomic E-state index is 0.0768. The molecular weight excluding hydrogens is 206 g/mol. The second-order valence-corrected chi connectivity index (χ2v) is 4.15. The smallest absolute Gasteiger partial charge is 0.222 e. The van der Waals surface area contributed by atoms with E-state index in [1.807, 2.05) is 20.8 Å². The zero-order valence-corrected chi connectivity index (χ0v) is 10.8. The van der Waals surface area contributed by atoms with Gasteiger partial charge >= 0.3 is 0 Å². The summed E-state index contributed by atoms with van der Waals surface area (Å²) in [7, 11) is 1.76. The van der Waals surface area contributed by atoms with Gasteiger partial charge in [-0.1, -0.05) is 20.8 Å². The normalized spacial score (nSPS) is 10.6. The first-order valence-electron chi connectivity index (χ1n) is 5.83. The van der Waals surface area contributed by atoms with Gasteiger partial charge in [0.25, 0.3) is 0 Å². The topological polar surface area (TPSA) is 46.6 Å². The van der Waals surface area contributed by atoms with Crippen LogP contribution in [0.3, 0.4) is 0 Å². The Balaban J connectivity index is 3.47. The fourth-order valence-electron chi connectivity index (χ4n) is 1.16. The Hall–Kier alpha value is -0.900. The van der Waals surface area contributed by atoms with Gasteiger partial charge in [-0.3, -0.25) is 9.59 Å². The first kappa shape index (κ1) is 15.1. The molecule has 0 aromatic carbocycles. The van der Waals surface area contributed by atoms with Crippen LogP contribution in [0.25, 0.3) is 0 Å². The van der Waals surface area contributed by atoms with Crippen molar-refractivity contribution in [3.05, 3.63) is 0 Å². The third kappa shape index (κ3) is 6.56. The SMILES string of the molecule is CCC(=O)N(C)CCOCCC(=O)C(C)C. The molecule has 0 saturated heterocycles. The summed E-state index contributed by atoms with van der Waals surface area (Å²) in [6.07, 6.45) is 0.978. The van der Waals surface area contributed by atoms with Crippen LogP contribution in [-0.2, 0) is 14.3 Å². The Bertz CT molecular complexity index is 226. The Morgan fingerprint density at radius 1 is 1.25 bits per heavy atom. The van der Waals surface area contributed by atoms with Gasteiger partial charge in [0.2, 0.25) is 5.91 Å². The van der Waals surface area contributed by atoms with Crippen LogP contribution in [0, 0.1) is 5.92 Å². The quantitative estimate of drug-likeness (QED) is 0.592. The highest BCUT2D eigenvalue weighted by Crippen LogP contribution is 1.98. The standard InChI is InChI=1S/C12H23NO3/c1-5-12(15)13(4)7-9-16-8-6-11(14)10(2)3/h10H,5-9H2,1-4H3. The second kappa shape index (κ2) is 8.28. The highest BCUT2D eigenvalue weighted by molar-refractivity contribution is 5.80. The van der Waals surface area contributed by atoms with Crippen LogP contribution in [0.4, 0.5) is 0 Å². The van der Waals surface area contributed by atoms with Crippen LogP contribution >= 0.6 is 0 Å². The van der Waals surface area contributed by atoms with Gasteiger partial charge < -0.3 is 9.64 Å². The Morgan fingerprint density at radius 2 is 1.88 bits per heavy atom. The maximum Gasteiger partial charge on any atom is 0.222 e. The lowest BCUT2D eigenvalue weighted by Crippen LogP contribution is -2.29. The van der Waals surface area contributed by atoms with E-state index in [4.69, 9.17) is 4.74 Å². The largest absolute Gasteiger partial charge is 0.379 e. The number of ether oxygens (including phenoxy) is 1. The molecule has 16 heavy (non-hydrogen) atoms. The molecule has 0 saturated carbocycles. The average molecular weight is 229 g/mol. The van der Waals surface area contributed by atoms with E-state index in [-0.39, 0.29) is 17.6 Å². The maximum absolute atomic E-state index is 11.2. The fourth-order valence-corrected chi connectivity index (χ4v) is 1.16. The molecule has 0 aliphatic carbocycles. The number of hydrogen-bond acceptors (Lipinski definition) is 3. The van der Waals surface area contributed by atoms with Crippen molar-refractivity contribution in [3.8, 4) is 0 Å². The molecule has 4 nitrogen and oxygen atoms in total. The van der Waals surface area contributed by atoms with Crippen molar-refractivity contribution in [2.24, 2.45) is 5.92 Å². The lowest BCUT2D eigenvalue weighted by molar-refractivity contribution is -0.130. The van der Waals surface area contributed by atoms with E-state index in [0.29, 0.717) is 32.6 Å². The summed E-state index contributed by atoms with van der Waals surface area (Å²) in [4.78, 5) is 24.1. The summed E-state index contributed by atoms with van der Waals surface area (Å²) >= 11 is 0. The summed E-state index contributed by atoms with van der Waals surface area (Å²) in [5, 5.41) is 0. The van der Waals surface area contributed by atoms with Crippen molar-refractivity contribution in [3.63, 3.8) is 0 Å². The Morgan fingerprint density at radius 3 is 2.38 bits per heavy atom. The monoisotopic (exact) mass is 229 g/mol. The van der Waals surface area contributed by atoms with Crippen molar-refractivity contribution < 1.29 is 14.3 Å². The number of Topliss-reactive ketones (excluding diaryl/α,β-unsaturated/α-hetero) is 1. The van der Waals surface area contributed by atoms with E-state index >= 15 is 0 Å². The lowest BCUT2D eigenvalue weighted by Gasteiger charge is -2.16. The molecule has 0 aliphatic rings. The zero-order valence-electron chi connectivity index (χ0n) is 10.8. The molecule has 0 fully saturated rings. The van der Waals surface area contributed by atoms with E-state index in [0.717, 1.165) is 0 Å². The van der Waals surface area contributed by atoms with Crippen molar-refractivity contribution in [2.45, 2.75) is 33.6 Å². The van der Waals surface area contributed by atoms with E-state index in [1.165, 1.54) is 0 Å². The molecule has 0 aromatic rings. The molecule has 94 valence electrons. The van der Waals surface area contributed by atoms with Crippen LogP contribution < -0.4 is 0 Å².